The van der Waals surface area contributed by atoms with Crippen LogP contribution >= 0.6 is 0 Å². The lowest BCUT2D eigenvalue weighted by molar-refractivity contribution is 0.0680. The number of nitrogens with zero attached hydrogens (tertiary/aromatic N) is 2. The van der Waals surface area contributed by atoms with Gasteiger partial charge in [-0.15, -0.1) is 0 Å². The Bertz CT molecular complexity index is 1010. The maximum Gasteiger partial charge on any atom is 0.254 e. The molecular weight excluding hydrogens is 376 g/mol. The SMILES string of the molecule is COCCN(Cc1ccccc1)C(=O)c1cccc(OCc2ccccc2C#N)c1. The maximum absolute atomic E-state index is 13.2. The lowest BCUT2D eigenvalue weighted by atomic mass is 10.1. The summed E-state index contributed by atoms with van der Waals surface area (Å²) < 4.78 is 11.0. The molecule has 3 aromatic carbocycles. The van der Waals surface area contributed by atoms with Gasteiger partial charge in [-0.05, 0) is 29.8 Å². The van der Waals surface area contributed by atoms with Gasteiger partial charge in [0, 0.05) is 31.3 Å². The van der Waals surface area contributed by atoms with Gasteiger partial charge < -0.3 is 14.4 Å². The molecule has 152 valence electrons. The van der Waals surface area contributed by atoms with Crippen molar-refractivity contribution in [2.45, 2.75) is 13.2 Å². The first-order chi connectivity index (χ1) is 14.7. The molecule has 0 radical (unpaired) electrons. The molecule has 0 aliphatic rings. The fourth-order valence-corrected chi connectivity index (χ4v) is 3.08. The Morgan fingerprint density at radius 2 is 1.77 bits per heavy atom. The molecule has 30 heavy (non-hydrogen) atoms. The summed E-state index contributed by atoms with van der Waals surface area (Å²) in [6, 6.07) is 26.5. The number of methoxy groups -OCH3 is 1. The lowest BCUT2D eigenvalue weighted by Gasteiger charge is -2.23. The molecule has 0 atom stereocenters. The number of ether oxygens (including phenoxy) is 2. The number of nitriles is 1. The van der Waals surface area contributed by atoms with Crippen LogP contribution in [0.15, 0.2) is 78.9 Å². The monoisotopic (exact) mass is 400 g/mol. The van der Waals surface area contributed by atoms with Crippen LogP contribution in [0.3, 0.4) is 0 Å². The topological polar surface area (TPSA) is 62.6 Å². The Kier molecular flexibility index (Phi) is 7.59. The molecule has 0 saturated carbocycles. The first-order valence-electron chi connectivity index (χ1n) is 9.74. The van der Waals surface area contributed by atoms with Crippen LogP contribution in [-0.2, 0) is 17.9 Å². The van der Waals surface area contributed by atoms with E-state index in [1.807, 2.05) is 54.6 Å². The maximum atomic E-state index is 13.2. The number of hydrogen-bond acceptors (Lipinski definition) is 4. The molecule has 5 nitrogen and oxygen atoms in total. The molecule has 5 heteroatoms. The zero-order chi connectivity index (χ0) is 21.2. The number of carbonyl (C=O) groups is 1. The largest absolute Gasteiger partial charge is 0.489 e. The third-order valence-corrected chi connectivity index (χ3v) is 4.68. The highest BCUT2D eigenvalue weighted by Crippen LogP contribution is 2.19. The van der Waals surface area contributed by atoms with Gasteiger partial charge in [-0.3, -0.25) is 4.79 Å². The van der Waals surface area contributed by atoms with Crippen molar-refractivity contribution in [1.29, 1.82) is 5.26 Å². The Morgan fingerprint density at radius 3 is 2.53 bits per heavy atom. The first kappa shape index (κ1) is 21.1. The van der Waals surface area contributed by atoms with E-state index in [-0.39, 0.29) is 12.5 Å². The third kappa shape index (κ3) is 5.69. The highest BCUT2D eigenvalue weighted by atomic mass is 16.5. The molecule has 0 heterocycles. The Hall–Kier alpha value is -3.62. The number of carbonyl (C=O) groups excluding carboxylic acids is 1. The van der Waals surface area contributed by atoms with Crippen molar-refractivity contribution in [3.8, 4) is 11.8 Å². The zero-order valence-corrected chi connectivity index (χ0v) is 17.0. The molecule has 0 saturated heterocycles. The average molecular weight is 400 g/mol. The summed E-state index contributed by atoms with van der Waals surface area (Å²) in [4.78, 5) is 14.9. The van der Waals surface area contributed by atoms with E-state index in [2.05, 4.69) is 6.07 Å². The number of hydrogen-bond donors (Lipinski definition) is 0. The average Bonchev–Trinajstić information content (AvgIpc) is 2.81. The van der Waals surface area contributed by atoms with Crippen molar-refractivity contribution < 1.29 is 14.3 Å². The standard InChI is InChI=1S/C25H24N2O3/c1-29-15-14-27(18-20-8-3-2-4-9-20)25(28)21-12-7-13-24(16-21)30-19-23-11-6-5-10-22(23)17-26/h2-13,16H,14-15,18-19H2,1H3. The van der Waals surface area contributed by atoms with Gasteiger partial charge in [-0.2, -0.15) is 5.26 Å². The normalized spacial score (nSPS) is 10.3. The van der Waals surface area contributed by atoms with Crippen LogP contribution in [0.4, 0.5) is 0 Å². The van der Waals surface area contributed by atoms with E-state index >= 15 is 0 Å². The second-order valence-electron chi connectivity index (χ2n) is 6.79. The summed E-state index contributed by atoms with van der Waals surface area (Å²) in [5, 5.41) is 9.22. The molecule has 0 spiro atoms. The molecule has 0 aliphatic heterocycles. The number of amides is 1. The molecule has 0 aliphatic carbocycles. The number of benzene rings is 3. The molecular formula is C25H24N2O3. The molecule has 0 N–H and O–H groups in total. The van der Waals surface area contributed by atoms with Gasteiger partial charge in [0.05, 0.1) is 18.2 Å². The van der Waals surface area contributed by atoms with E-state index in [1.54, 1.807) is 36.3 Å². The molecule has 0 aromatic heterocycles. The van der Waals surface area contributed by atoms with Crippen molar-refractivity contribution >= 4 is 5.91 Å². The van der Waals surface area contributed by atoms with Gasteiger partial charge in [0.1, 0.15) is 12.4 Å². The van der Waals surface area contributed by atoms with E-state index in [4.69, 9.17) is 9.47 Å². The zero-order valence-electron chi connectivity index (χ0n) is 17.0. The summed E-state index contributed by atoms with van der Waals surface area (Å²) in [6.07, 6.45) is 0. The predicted octanol–water partition coefficient (Wildman–Crippen LogP) is 4.43. The predicted molar refractivity (Wildman–Crippen MR) is 115 cm³/mol. The van der Waals surface area contributed by atoms with Gasteiger partial charge in [0.2, 0.25) is 0 Å². The van der Waals surface area contributed by atoms with Crippen LogP contribution in [-0.4, -0.2) is 31.1 Å². The Balaban J connectivity index is 1.73. The smallest absolute Gasteiger partial charge is 0.254 e. The van der Waals surface area contributed by atoms with Gasteiger partial charge in [0.25, 0.3) is 5.91 Å². The van der Waals surface area contributed by atoms with Crippen LogP contribution in [0.25, 0.3) is 0 Å². The minimum atomic E-state index is -0.0845. The molecule has 0 fully saturated rings. The first-order valence-corrected chi connectivity index (χ1v) is 9.74. The Morgan fingerprint density at radius 1 is 1.00 bits per heavy atom. The summed E-state index contributed by atoms with van der Waals surface area (Å²) in [6.45, 7) is 1.72. The van der Waals surface area contributed by atoms with E-state index in [9.17, 15) is 10.1 Å². The van der Waals surface area contributed by atoms with Crippen molar-refractivity contribution in [3.05, 3.63) is 101 Å². The van der Waals surface area contributed by atoms with Crippen LogP contribution in [0, 0.1) is 11.3 Å². The van der Waals surface area contributed by atoms with Gasteiger partial charge >= 0.3 is 0 Å². The summed E-state index contributed by atoms with van der Waals surface area (Å²) in [5.41, 5.74) is 3.00. The van der Waals surface area contributed by atoms with Crippen molar-refractivity contribution in [3.63, 3.8) is 0 Å². The Labute approximate surface area is 177 Å². The van der Waals surface area contributed by atoms with Crippen molar-refractivity contribution in [2.75, 3.05) is 20.3 Å². The lowest BCUT2D eigenvalue weighted by Crippen LogP contribution is -2.33. The number of rotatable bonds is 9. The molecule has 3 aromatic rings. The van der Waals surface area contributed by atoms with E-state index in [1.165, 1.54) is 0 Å². The highest BCUT2D eigenvalue weighted by Gasteiger charge is 2.17. The fourth-order valence-electron chi connectivity index (χ4n) is 3.08. The van der Waals surface area contributed by atoms with E-state index in [0.717, 1.165) is 11.1 Å². The molecule has 0 bridgehead atoms. The van der Waals surface area contributed by atoms with Crippen LogP contribution < -0.4 is 4.74 Å². The van der Waals surface area contributed by atoms with Gasteiger partial charge in [-0.1, -0.05) is 54.6 Å². The minimum Gasteiger partial charge on any atom is -0.489 e. The fraction of sp³-hybridized carbons (Fsp3) is 0.200. The molecule has 0 unspecified atom stereocenters. The van der Waals surface area contributed by atoms with Crippen LogP contribution in [0.2, 0.25) is 0 Å². The summed E-state index contributed by atoms with van der Waals surface area (Å²) in [7, 11) is 1.62. The van der Waals surface area contributed by atoms with Crippen LogP contribution in [0.5, 0.6) is 5.75 Å². The van der Waals surface area contributed by atoms with Gasteiger partial charge in [-0.25, -0.2) is 0 Å². The summed E-state index contributed by atoms with van der Waals surface area (Å²) in [5.74, 6) is 0.499. The highest BCUT2D eigenvalue weighted by molar-refractivity contribution is 5.94. The van der Waals surface area contributed by atoms with Crippen molar-refractivity contribution in [1.82, 2.24) is 4.90 Å². The second-order valence-corrected chi connectivity index (χ2v) is 6.79. The van der Waals surface area contributed by atoms with Crippen LogP contribution in [0.1, 0.15) is 27.0 Å². The quantitative estimate of drug-likeness (QED) is 0.533. The summed E-state index contributed by atoms with van der Waals surface area (Å²) >= 11 is 0. The third-order valence-electron chi connectivity index (χ3n) is 4.68. The molecule has 1 amide bonds. The van der Waals surface area contributed by atoms with Crippen molar-refractivity contribution in [2.24, 2.45) is 0 Å². The molecule has 3 rings (SSSR count). The van der Waals surface area contributed by atoms with E-state index < -0.39 is 0 Å². The minimum absolute atomic E-state index is 0.0845. The van der Waals surface area contributed by atoms with Gasteiger partial charge in [0.15, 0.2) is 0 Å². The van der Waals surface area contributed by atoms with E-state index in [0.29, 0.717) is 36.6 Å². The second kappa shape index (κ2) is 10.8.